The number of carbonyl (C=O) groups is 1. The topological polar surface area (TPSA) is 73.4 Å². The molecule has 22 heavy (non-hydrogen) atoms. The summed E-state index contributed by atoms with van der Waals surface area (Å²) in [6.07, 6.45) is 1.84. The predicted molar refractivity (Wildman–Crippen MR) is 78.7 cm³/mol. The van der Waals surface area contributed by atoms with E-state index in [1.807, 2.05) is 18.9 Å². The Labute approximate surface area is 128 Å². The standard InChI is InChI=1S/C15H20N4O3/c1-9-8-12(22-17-9)14(20)19-7-5-6-11(19)13-10(2)16-18(3)15(13)21-4/h8,11H,5-7H2,1-4H3. The van der Waals surface area contributed by atoms with Crippen LogP contribution in [-0.2, 0) is 7.05 Å². The Bertz CT molecular complexity index is 704. The Hall–Kier alpha value is -2.31. The van der Waals surface area contributed by atoms with Crippen molar-refractivity contribution in [1.82, 2.24) is 19.8 Å². The lowest BCUT2D eigenvalue weighted by molar-refractivity contribution is 0.0691. The first kappa shape index (κ1) is 14.6. The van der Waals surface area contributed by atoms with Crippen molar-refractivity contribution in [1.29, 1.82) is 0 Å². The van der Waals surface area contributed by atoms with Gasteiger partial charge in [0.2, 0.25) is 11.6 Å². The number of rotatable bonds is 3. The number of amides is 1. The van der Waals surface area contributed by atoms with Crippen LogP contribution in [0.4, 0.5) is 0 Å². The molecule has 1 atom stereocenters. The minimum absolute atomic E-state index is 0.0402. The fraction of sp³-hybridized carbons (Fsp3) is 0.533. The molecule has 0 saturated carbocycles. The van der Waals surface area contributed by atoms with Crippen molar-refractivity contribution in [2.24, 2.45) is 7.05 Å². The largest absolute Gasteiger partial charge is 0.481 e. The van der Waals surface area contributed by atoms with Gasteiger partial charge in [0, 0.05) is 19.7 Å². The van der Waals surface area contributed by atoms with Crippen LogP contribution in [0.25, 0.3) is 0 Å². The van der Waals surface area contributed by atoms with Crippen molar-refractivity contribution in [2.45, 2.75) is 32.7 Å². The summed E-state index contributed by atoms with van der Waals surface area (Å²) >= 11 is 0. The summed E-state index contributed by atoms with van der Waals surface area (Å²) in [5.74, 6) is 0.856. The van der Waals surface area contributed by atoms with Crippen molar-refractivity contribution < 1.29 is 14.1 Å². The molecule has 0 bridgehead atoms. The zero-order chi connectivity index (χ0) is 15.9. The molecule has 1 fully saturated rings. The molecule has 0 spiro atoms. The Morgan fingerprint density at radius 2 is 2.23 bits per heavy atom. The van der Waals surface area contributed by atoms with E-state index in [1.165, 1.54) is 0 Å². The third-order valence-electron chi connectivity index (χ3n) is 4.09. The second-order valence-corrected chi connectivity index (χ2v) is 5.62. The average molecular weight is 304 g/mol. The highest BCUT2D eigenvalue weighted by molar-refractivity contribution is 5.92. The molecule has 0 radical (unpaired) electrons. The first-order chi connectivity index (χ1) is 10.5. The van der Waals surface area contributed by atoms with Crippen molar-refractivity contribution in [3.8, 4) is 5.88 Å². The monoisotopic (exact) mass is 304 g/mol. The number of hydrogen-bond acceptors (Lipinski definition) is 5. The van der Waals surface area contributed by atoms with Gasteiger partial charge in [-0.05, 0) is 26.7 Å². The quantitative estimate of drug-likeness (QED) is 0.867. The van der Waals surface area contributed by atoms with Gasteiger partial charge in [0.05, 0.1) is 30.1 Å². The molecule has 7 nitrogen and oxygen atoms in total. The molecule has 1 saturated heterocycles. The molecule has 1 aliphatic heterocycles. The lowest BCUT2D eigenvalue weighted by Crippen LogP contribution is -2.30. The predicted octanol–water partition coefficient (Wildman–Crippen LogP) is 2.01. The number of carbonyl (C=O) groups excluding carboxylic acids is 1. The Kier molecular flexibility index (Phi) is 3.64. The van der Waals surface area contributed by atoms with E-state index in [0.29, 0.717) is 18.1 Å². The van der Waals surface area contributed by atoms with Crippen molar-refractivity contribution in [3.63, 3.8) is 0 Å². The third-order valence-corrected chi connectivity index (χ3v) is 4.09. The van der Waals surface area contributed by atoms with Crippen LogP contribution in [0.2, 0.25) is 0 Å². The van der Waals surface area contributed by atoms with Gasteiger partial charge in [0.1, 0.15) is 0 Å². The molecule has 2 aromatic heterocycles. The molecule has 0 N–H and O–H groups in total. The van der Waals surface area contributed by atoms with Crippen LogP contribution in [-0.4, -0.2) is 39.4 Å². The SMILES string of the molecule is COc1c(C2CCCN2C(=O)c2cc(C)no2)c(C)nn1C. The molecule has 3 heterocycles. The first-order valence-corrected chi connectivity index (χ1v) is 7.34. The van der Waals surface area contributed by atoms with E-state index in [0.717, 1.165) is 24.1 Å². The van der Waals surface area contributed by atoms with Crippen LogP contribution in [0.3, 0.4) is 0 Å². The molecule has 1 unspecified atom stereocenters. The van der Waals surface area contributed by atoms with Crippen LogP contribution in [0.5, 0.6) is 5.88 Å². The van der Waals surface area contributed by atoms with E-state index in [2.05, 4.69) is 10.3 Å². The molecule has 1 aliphatic rings. The normalized spacial score (nSPS) is 18.0. The number of aryl methyl sites for hydroxylation is 3. The fourth-order valence-corrected chi connectivity index (χ4v) is 3.19. The summed E-state index contributed by atoms with van der Waals surface area (Å²) in [6, 6.07) is 1.63. The van der Waals surface area contributed by atoms with Gasteiger partial charge < -0.3 is 14.2 Å². The van der Waals surface area contributed by atoms with Gasteiger partial charge in [0.15, 0.2) is 0 Å². The minimum Gasteiger partial charge on any atom is -0.481 e. The van der Waals surface area contributed by atoms with Crippen molar-refractivity contribution >= 4 is 5.91 Å². The number of likely N-dealkylation sites (tertiary alicyclic amines) is 1. The second-order valence-electron chi connectivity index (χ2n) is 5.62. The lowest BCUT2D eigenvalue weighted by Gasteiger charge is -2.24. The van der Waals surface area contributed by atoms with Crippen LogP contribution in [0.1, 0.15) is 46.4 Å². The Morgan fingerprint density at radius 3 is 2.86 bits per heavy atom. The van der Waals surface area contributed by atoms with Crippen LogP contribution >= 0.6 is 0 Å². The van der Waals surface area contributed by atoms with E-state index >= 15 is 0 Å². The molecular weight excluding hydrogens is 284 g/mol. The van der Waals surface area contributed by atoms with Crippen molar-refractivity contribution in [2.75, 3.05) is 13.7 Å². The van der Waals surface area contributed by atoms with E-state index in [-0.39, 0.29) is 17.7 Å². The van der Waals surface area contributed by atoms with Crippen molar-refractivity contribution in [3.05, 3.63) is 28.8 Å². The maximum absolute atomic E-state index is 12.7. The average Bonchev–Trinajstić information content (AvgIpc) is 3.16. The number of ether oxygens (including phenoxy) is 1. The summed E-state index contributed by atoms with van der Waals surface area (Å²) in [7, 11) is 3.47. The molecule has 2 aromatic rings. The molecule has 7 heteroatoms. The highest BCUT2D eigenvalue weighted by Gasteiger charge is 2.36. The van der Waals surface area contributed by atoms with Crippen LogP contribution in [0.15, 0.2) is 10.6 Å². The molecule has 0 aromatic carbocycles. The highest BCUT2D eigenvalue weighted by atomic mass is 16.5. The van der Waals surface area contributed by atoms with E-state index < -0.39 is 0 Å². The first-order valence-electron chi connectivity index (χ1n) is 7.34. The Morgan fingerprint density at radius 1 is 1.45 bits per heavy atom. The van der Waals surface area contributed by atoms with Gasteiger partial charge in [-0.15, -0.1) is 0 Å². The van der Waals surface area contributed by atoms with E-state index in [9.17, 15) is 4.79 Å². The number of nitrogens with zero attached hydrogens (tertiary/aromatic N) is 4. The number of aromatic nitrogens is 3. The highest BCUT2D eigenvalue weighted by Crippen LogP contribution is 2.39. The van der Waals surface area contributed by atoms with Gasteiger partial charge in [-0.3, -0.25) is 4.79 Å². The minimum atomic E-state index is -0.131. The van der Waals surface area contributed by atoms with Gasteiger partial charge in [-0.25, -0.2) is 4.68 Å². The van der Waals surface area contributed by atoms with Gasteiger partial charge in [0.25, 0.3) is 5.91 Å². The fourth-order valence-electron chi connectivity index (χ4n) is 3.19. The summed E-state index contributed by atoms with van der Waals surface area (Å²) in [5, 5.41) is 8.21. The number of methoxy groups -OCH3 is 1. The third kappa shape index (κ3) is 2.26. The smallest absolute Gasteiger partial charge is 0.292 e. The molecule has 3 rings (SSSR count). The molecular formula is C15H20N4O3. The maximum Gasteiger partial charge on any atom is 0.292 e. The van der Waals surface area contributed by atoms with Crippen LogP contribution in [0, 0.1) is 13.8 Å². The van der Waals surface area contributed by atoms with E-state index in [4.69, 9.17) is 9.26 Å². The summed E-state index contributed by atoms with van der Waals surface area (Å²) in [5.41, 5.74) is 2.57. The summed E-state index contributed by atoms with van der Waals surface area (Å²) in [6.45, 7) is 4.44. The van der Waals surface area contributed by atoms with E-state index in [1.54, 1.807) is 24.8 Å². The maximum atomic E-state index is 12.7. The zero-order valence-corrected chi connectivity index (χ0v) is 13.3. The number of hydrogen-bond donors (Lipinski definition) is 0. The Balaban J connectivity index is 1.95. The van der Waals surface area contributed by atoms with Gasteiger partial charge >= 0.3 is 0 Å². The lowest BCUT2D eigenvalue weighted by atomic mass is 10.0. The summed E-state index contributed by atoms with van der Waals surface area (Å²) in [4.78, 5) is 14.5. The summed E-state index contributed by atoms with van der Waals surface area (Å²) < 4.78 is 12.3. The zero-order valence-electron chi connectivity index (χ0n) is 13.3. The van der Waals surface area contributed by atoms with Crippen LogP contribution < -0.4 is 4.74 Å². The molecule has 1 amide bonds. The molecule has 0 aliphatic carbocycles. The van der Waals surface area contributed by atoms with Gasteiger partial charge in [-0.1, -0.05) is 5.16 Å². The van der Waals surface area contributed by atoms with Gasteiger partial charge in [-0.2, -0.15) is 5.10 Å². The second kappa shape index (κ2) is 5.47. The molecule has 118 valence electrons.